The van der Waals surface area contributed by atoms with Crippen LogP contribution < -0.4 is 0 Å². The topological polar surface area (TPSA) is 35.5 Å². The monoisotopic (exact) mass is 314 g/mol. The third-order valence-corrected chi connectivity index (χ3v) is 7.15. The molecular weight excluding hydrogens is 280 g/mol. The van der Waals surface area contributed by atoms with Crippen LogP contribution in [0.15, 0.2) is 12.2 Å². The summed E-state index contributed by atoms with van der Waals surface area (Å²) in [5.41, 5.74) is 0. The maximum absolute atomic E-state index is 12.0. The van der Waals surface area contributed by atoms with Crippen LogP contribution in [0.4, 0.5) is 0 Å². The molecular formula is C17H34O3Si. The van der Waals surface area contributed by atoms with E-state index in [0.717, 1.165) is 12.5 Å². The van der Waals surface area contributed by atoms with Crippen LogP contribution >= 0.6 is 0 Å². The number of ketones is 1. The van der Waals surface area contributed by atoms with Crippen LogP contribution in [-0.2, 0) is 13.6 Å². The summed E-state index contributed by atoms with van der Waals surface area (Å²) in [5, 5.41) is 0. The van der Waals surface area contributed by atoms with E-state index in [1.807, 2.05) is 20.8 Å². The van der Waals surface area contributed by atoms with Crippen molar-refractivity contribution in [2.24, 2.45) is 0 Å². The smallest absolute Gasteiger partial charge is 0.346 e. The van der Waals surface area contributed by atoms with Gasteiger partial charge in [0.15, 0.2) is 5.78 Å². The second-order valence-corrected chi connectivity index (χ2v) is 8.69. The third-order valence-electron chi connectivity index (χ3n) is 3.52. The van der Waals surface area contributed by atoms with E-state index in [1.165, 1.54) is 32.1 Å². The molecule has 0 aromatic rings. The van der Waals surface area contributed by atoms with Gasteiger partial charge in [0.2, 0.25) is 0 Å². The molecule has 0 N–H and O–H groups in total. The molecule has 21 heavy (non-hydrogen) atoms. The predicted octanol–water partition coefficient (Wildman–Crippen LogP) is 5.01. The van der Waals surface area contributed by atoms with Crippen molar-refractivity contribution in [1.82, 2.24) is 0 Å². The van der Waals surface area contributed by atoms with Gasteiger partial charge in [0.05, 0.1) is 6.04 Å². The molecule has 0 aromatic carbocycles. The average Bonchev–Trinajstić information content (AvgIpc) is 2.43. The van der Waals surface area contributed by atoms with Crippen molar-refractivity contribution >= 4 is 14.3 Å². The molecule has 0 heterocycles. The van der Waals surface area contributed by atoms with E-state index < -0.39 is 8.56 Å². The van der Waals surface area contributed by atoms with Crippen LogP contribution in [0.1, 0.15) is 66.2 Å². The first-order chi connectivity index (χ1) is 10.1. The van der Waals surface area contributed by atoms with Crippen molar-refractivity contribution in [2.45, 2.75) is 78.3 Å². The fraction of sp³-hybridized carbons (Fsp3) is 0.824. The van der Waals surface area contributed by atoms with E-state index in [9.17, 15) is 4.79 Å². The lowest BCUT2D eigenvalue weighted by Gasteiger charge is -2.29. The second-order valence-electron chi connectivity index (χ2n) is 5.44. The molecule has 3 nitrogen and oxygen atoms in total. The highest BCUT2D eigenvalue weighted by Gasteiger charge is 2.38. The molecule has 0 fully saturated rings. The van der Waals surface area contributed by atoms with E-state index in [1.54, 1.807) is 12.2 Å². The normalized spacial score (nSPS) is 12.2. The fourth-order valence-electron chi connectivity index (χ4n) is 2.59. The molecule has 0 atom stereocenters. The summed E-state index contributed by atoms with van der Waals surface area (Å²) < 4.78 is 12.0. The predicted molar refractivity (Wildman–Crippen MR) is 91.8 cm³/mol. The zero-order chi connectivity index (χ0) is 16.0. The lowest BCUT2D eigenvalue weighted by atomic mass is 10.1. The highest BCUT2D eigenvalue weighted by atomic mass is 28.4. The standard InChI is InChI=1S/C17H34O3Si/c1-5-9-10-11-12-13-15-21(19-7-3,20-8-4)16-17(18)14-6-2/h6,14H,5,7-13,15-16H2,1-4H3. The van der Waals surface area contributed by atoms with Gasteiger partial charge >= 0.3 is 8.56 Å². The Kier molecular flexibility index (Phi) is 12.9. The van der Waals surface area contributed by atoms with Gasteiger partial charge in [-0.2, -0.15) is 0 Å². The van der Waals surface area contributed by atoms with Gasteiger partial charge in [0.1, 0.15) is 0 Å². The second kappa shape index (κ2) is 13.2. The lowest BCUT2D eigenvalue weighted by Crippen LogP contribution is -2.44. The molecule has 124 valence electrons. The maximum atomic E-state index is 12.0. The first-order valence-corrected chi connectivity index (χ1v) is 10.8. The zero-order valence-electron chi connectivity index (χ0n) is 14.5. The van der Waals surface area contributed by atoms with Crippen LogP contribution in [0.25, 0.3) is 0 Å². The summed E-state index contributed by atoms with van der Waals surface area (Å²) in [4.78, 5) is 12.0. The van der Waals surface area contributed by atoms with Crippen molar-refractivity contribution in [3.63, 3.8) is 0 Å². The molecule has 0 aliphatic carbocycles. The third kappa shape index (κ3) is 9.99. The molecule has 0 bridgehead atoms. The van der Waals surface area contributed by atoms with E-state index in [4.69, 9.17) is 8.85 Å². The highest BCUT2D eigenvalue weighted by Crippen LogP contribution is 2.24. The minimum absolute atomic E-state index is 0.136. The molecule has 4 heteroatoms. The van der Waals surface area contributed by atoms with Gasteiger partial charge in [0.25, 0.3) is 0 Å². The van der Waals surface area contributed by atoms with Gasteiger partial charge in [-0.05, 0) is 32.9 Å². The van der Waals surface area contributed by atoms with E-state index >= 15 is 0 Å². The van der Waals surface area contributed by atoms with Gasteiger partial charge in [-0.15, -0.1) is 0 Å². The molecule has 0 saturated heterocycles. The van der Waals surface area contributed by atoms with Gasteiger partial charge in [-0.1, -0.05) is 51.5 Å². The van der Waals surface area contributed by atoms with Crippen LogP contribution in [0, 0.1) is 0 Å². The number of rotatable bonds is 14. The maximum Gasteiger partial charge on any atom is 0.346 e. The number of hydrogen-bond donors (Lipinski definition) is 0. The summed E-state index contributed by atoms with van der Waals surface area (Å²) >= 11 is 0. The van der Waals surface area contributed by atoms with Gasteiger partial charge in [0, 0.05) is 13.2 Å². The van der Waals surface area contributed by atoms with E-state index in [0.29, 0.717) is 19.3 Å². The van der Waals surface area contributed by atoms with E-state index in [-0.39, 0.29) is 5.78 Å². The summed E-state index contributed by atoms with van der Waals surface area (Å²) in [6.45, 7) is 9.34. The van der Waals surface area contributed by atoms with Crippen molar-refractivity contribution in [3.8, 4) is 0 Å². The Morgan fingerprint density at radius 2 is 1.52 bits per heavy atom. The zero-order valence-corrected chi connectivity index (χ0v) is 15.5. The molecule has 0 amide bonds. The number of unbranched alkanes of at least 4 members (excludes halogenated alkanes) is 5. The van der Waals surface area contributed by atoms with Crippen LogP contribution in [0.2, 0.25) is 12.1 Å². The van der Waals surface area contributed by atoms with Crippen molar-refractivity contribution in [1.29, 1.82) is 0 Å². The number of hydrogen-bond acceptors (Lipinski definition) is 3. The Morgan fingerprint density at radius 1 is 0.952 bits per heavy atom. The quantitative estimate of drug-likeness (QED) is 0.257. The van der Waals surface area contributed by atoms with Gasteiger partial charge in [-0.25, -0.2) is 0 Å². The number of allylic oxidation sites excluding steroid dienone is 2. The Labute approximate surface area is 132 Å². The van der Waals surface area contributed by atoms with Gasteiger partial charge < -0.3 is 8.85 Å². The summed E-state index contributed by atoms with van der Waals surface area (Å²) in [7, 11) is -2.37. The molecule has 0 aromatic heterocycles. The molecule has 0 aliphatic rings. The van der Waals surface area contributed by atoms with Crippen molar-refractivity contribution < 1.29 is 13.6 Å². The fourth-order valence-corrected chi connectivity index (χ4v) is 5.83. The average molecular weight is 315 g/mol. The SMILES string of the molecule is CC=CC(=O)C[Si](CCCCCCCC)(OCC)OCC. The molecule has 0 radical (unpaired) electrons. The molecule has 0 rings (SSSR count). The Morgan fingerprint density at radius 3 is 2.05 bits per heavy atom. The molecule has 0 saturated carbocycles. The van der Waals surface area contributed by atoms with Crippen LogP contribution in [-0.4, -0.2) is 27.6 Å². The Balaban J connectivity index is 4.43. The minimum Gasteiger partial charge on any atom is -0.394 e. The van der Waals surface area contributed by atoms with Crippen molar-refractivity contribution in [2.75, 3.05) is 13.2 Å². The summed E-state index contributed by atoms with van der Waals surface area (Å²) in [6, 6.07) is 1.39. The number of carbonyl (C=O) groups is 1. The highest BCUT2D eigenvalue weighted by molar-refractivity contribution is 6.71. The molecule has 0 unspecified atom stereocenters. The van der Waals surface area contributed by atoms with Crippen molar-refractivity contribution in [3.05, 3.63) is 12.2 Å². The lowest BCUT2D eigenvalue weighted by molar-refractivity contribution is -0.113. The largest absolute Gasteiger partial charge is 0.394 e. The first kappa shape index (κ1) is 20.5. The summed E-state index contributed by atoms with van der Waals surface area (Å²) in [5.74, 6) is 0.136. The number of carbonyl (C=O) groups excluding carboxylic acids is 1. The van der Waals surface area contributed by atoms with E-state index in [2.05, 4.69) is 6.92 Å². The van der Waals surface area contributed by atoms with Crippen LogP contribution in [0.5, 0.6) is 0 Å². The molecule has 0 aliphatic heterocycles. The molecule has 0 spiro atoms. The Bertz CT molecular complexity index is 284. The Hall–Kier alpha value is -0.453. The van der Waals surface area contributed by atoms with Crippen LogP contribution in [0.3, 0.4) is 0 Å². The first-order valence-electron chi connectivity index (χ1n) is 8.57. The van der Waals surface area contributed by atoms with Gasteiger partial charge in [-0.3, -0.25) is 4.79 Å². The summed E-state index contributed by atoms with van der Waals surface area (Å²) in [6.07, 6.45) is 10.9. The minimum atomic E-state index is -2.37.